The van der Waals surface area contributed by atoms with Gasteiger partial charge >= 0.3 is 74.6 Å². The zero-order valence-electron chi connectivity index (χ0n) is 17.2. The fourth-order valence-corrected chi connectivity index (χ4v) is 3.87. The van der Waals surface area contributed by atoms with Gasteiger partial charge in [-0.2, -0.15) is 0 Å². The van der Waals surface area contributed by atoms with Gasteiger partial charge in [-0.15, -0.1) is 13.3 Å². The topological polar surface area (TPSA) is 0 Å². The largest absolute Gasteiger partial charge is 0.233 e. The Kier molecular flexibility index (Phi) is 47.8. The van der Waals surface area contributed by atoms with Gasteiger partial charge in [0.05, 0.1) is 0 Å². The molecule has 0 unspecified atom stereocenters. The quantitative estimate of drug-likeness (QED) is 0.114. The molecule has 0 atom stereocenters. The van der Waals surface area contributed by atoms with Gasteiger partial charge in [-0.1, -0.05) is 39.8 Å². The van der Waals surface area contributed by atoms with Crippen molar-refractivity contribution in [2.45, 2.75) is 76.6 Å². The molecular weight excluding hydrogens is 533 g/mol. The summed E-state index contributed by atoms with van der Waals surface area (Å²) in [5.41, 5.74) is 0. The molecule has 2 radical (unpaired) electrons. The SMILES string of the molecule is CC=C[CH2][Sn][CH2]C=CCC.CCC=CC(C)C.C[CH-]C=CCC.[Sm]. The molecule has 0 spiro atoms. The zero-order chi connectivity index (χ0) is 18.2. The van der Waals surface area contributed by atoms with E-state index in [0.717, 1.165) is 18.8 Å². The maximum atomic E-state index is 2.34. The maximum Gasteiger partial charge on any atom is 0 e. The first-order chi connectivity index (χ1) is 11.1. The Morgan fingerprint density at radius 3 is 1.71 bits per heavy atom. The van der Waals surface area contributed by atoms with Crippen molar-refractivity contribution in [2.75, 3.05) is 0 Å². The van der Waals surface area contributed by atoms with Crippen LogP contribution in [0.5, 0.6) is 0 Å². The van der Waals surface area contributed by atoms with E-state index in [0.29, 0.717) is 0 Å². The summed E-state index contributed by atoms with van der Waals surface area (Å²) in [6.07, 6.45) is 23.2. The third kappa shape index (κ3) is 49.5. The van der Waals surface area contributed by atoms with E-state index in [-0.39, 0.29) is 61.5 Å². The molecule has 0 aromatic carbocycles. The number of allylic oxidation sites excluding steroid dienone is 8. The molecule has 0 saturated heterocycles. The number of hydrogen-bond donors (Lipinski definition) is 0. The molecule has 0 nitrogen and oxygen atoms in total. The second-order valence-electron chi connectivity index (χ2n) is 5.36. The molecule has 2 heteroatoms. The third-order valence-corrected chi connectivity index (χ3v) is 5.48. The van der Waals surface area contributed by atoms with E-state index in [1.54, 1.807) is 0 Å². The van der Waals surface area contributed by atoms with Crippen molar-refractivity contribution in [1.82, 2.24) is 0 Å². The summed E-state index contributed by atoms with van der Waals surface area (Å²) in [6.45, 7) is 15.0. The van der Waals surface area contributed by atoms with Crippen molar-refractivity contribution in [2.24, 2.45) is 5.92 Å². The summed E-state index contributed by atoms with van der Waals surface area (Å²) in [4.78, 5) is 0. The standard InChI is InChI=1S/C7H14.C6H11.C5H9.C4H7.Sm.Sn/c1-4-5-6-7(2)3;1-3-5-6-4-2;1-3-5-4-2;1-3-4-2;;/h5-7H,4H2,1-3H3;3,5-6H,4H2,1-2H3;3,5H,1,4H2,2H3;3-4H,1H2,2H3;;/q;-1;;;;. The molecule has 0 fully saturated rings. The van der Waals surface area contributed by atoms with Crippen molar-refractivity contribution in [3.63, 3.8) is 0 Å². The van der Waals surface area contributed by atoms with Crippen molar-refractivity contribution in [3.05, 3.63) is 55.0 Å². The van der Waals surface area contributed by atoms with Gasteiger partial charge in [0.15, 0.2) is 0 Å². The van der Waals surface area contributed by atoms with Crippen molar-refractivity contribution in [3.8, 4) is 0 Å². The van der Waals surface area contributed by atoms with Crippen LogP contribution in [0.25, 0.3) is 0 Å². The van der Waals surface area contributed by atoms with Crippen LogP contribution in [-0.4, -0.2) is 21.1 Å². The van der Waals surface area contributed by atoms with Crippen LogP contribution in [0.3, 0.4) is 0 Å². The third-order valence-electron chi connectivity index (χ3n) is 2.48. The molecule has 0 aromatic rings. The van der Waals surface area contributed by atoms with E-state index in [1.165, 1.54) is 15.3 Å². The van der Waals surface area contributed by atoms with E-state index < -0.39 is 0 Å². The van der Waals surface area contributed by atoms with Gasteiger partial charge in [0.25, 0.3) is 0 Å². The van der Waals surface area contributed by atoms with Crippen LogP contribution < -0.4 is 0 Å². The Morgan fingerprint density at radius 2 is 1.38 bits per heavy atom. The van der Waals surface area contributed by atoms with Gasteiger partial charge in [-0.05, 0) is 12.3 Å². The van der Waals surface area contributed by atoms with Crippen LogP contribution in [0.4, 0.5) is 0 Å². The molecule has 0 saturated carbocycles. The zero-order valence-corrected chi connectivity index (χ0v) is 22.7. The second kappa shape index (κ2) is 35.1. The molecule has 0 aliphatic carbocycles. The van der Waals surface area contributed by atoms with Gasteiger partial charge in [-0.25, -0.2) is 18.6 Å². The van der Waals surface area contributed by atoms with E-state index in [1.807, 2.05) is 13.3 Å². The summed E-state index contributed by atoms with van der Waals surface area (Å²) < 4.78 is 2.80. The Hall–Kier alpha value is 0.966. The minimum absolute atomic E-state index is 0. The molecule has 0 rings (SSSR count). The Labute approximate surface area is 197 Å². The predicted octanol–water partition coefficient (Wildman–Crippen LogP) is 7.85. The van der Waals surface area contributed by atoms with Gasteiger partial charge in [0.1, 0.15) is 0 Å². The maximum absolute atomic E-state index is 2.34. The first-order valence-corrected chi connectivity index (χ1v) is 13.2. The Morgan fingerprint density at radius 1 is 0.833 bits per heavy atom. The predicted molar refractivity (Wildman–Crippen MR) is 113 cm³/mol. The minimum atomic E-state index is -0.0369. The fourth-order valence-electron chi connectivity index (χ4n) is 1.30. The van der Waals surface area contributed by atoms with E-state index in [4.69, 9.17) is 0 Å². The van der Waals surface area contributed by atoms with Gasteiger partial charge < -0.3 is 0 Å². The number of hydrogen-bond acceptors (Lipinski definition) is 0. The van der Waals surface area contributed by atoms with Crippen LogP contribution in [0.1, 0.15) is 67.7 Å². The molecule has 0 N–H and O–H groups in total. The van der Waals surface area contributed by atoms with Gasteiger partial charge in [-0.3, -0.25) is 0 Å². The van der Waals surface area contributed by atoms with E-state index in [2.05, 4.69) is 90.2 Å². The average Bonchev–Trinajstić information content (AvgIpc) is 2.55. The van der Waals surface area contributed by atoms with Crippen LogP contribution >= 0.6 is 0 Å². The monoisotopic (exact) mass is 577 g/mol. The summed E-state index contributed by atoms with van der Waals surface area (Å²) in [5, 5.41) is 0. The summed E-state index contributed by atoms with van der Waals surface area (Å²) in [7, 11) is 0. The summed E-state index contributed by atoms with van der Waals surface area (Å²) in [6, 6.07) is 0. The molecule has 0 amide bonds. The summed E-state index contributed by atoms with van der Waals surface area (Å²) >= 11 is -0.0369. The normalized spacial score (nSPS) is 10.7. The smallest absolute Gasteiger partial charge is 0 e. The molecule has 24 heavy (non-hydrogen) atoms. The van der Waals surface area contributed by atoms with Crippen molar-refractivity contribution >= 4 is 21.1 Å². The molecular formula is C22H41SmSn-. The van der Waals surface area contributed by atoms with Crippen LogP contribution in [0.2, 0.25) is 8.87 Å². The Bertz CT molecular complexity index is 282. The second-order valence-corrected chi connectivity index (χ2v) is 9.11. The van der Waals surface area contributed by atoms with Crippen LogP contribution in [0, 0.1) is 52.7 Å². The molecule has 0 aliphatic rings. The van der Waals surface area contributed by atoms with Crippen LogP contribution in [0.15, 0.2) is 48.6 Å². The molecule has 0 heterocycles. The molecule has 0 aromatic heterocycles. The molecule has 0 aliphatic heterocycles. The van der Waals surface area contributed by atoms with Gasteiger partial charge in [0, 0.05) is 40.4 Å². The van der Waals surface area contributed by atoms with E-state index >= 15 is 0 Å². The van der Waals surface area contributed by atoms with Crippen LogP contribution in [-0.2, 0) is 0 Å². The minimum Gasteiger partial charge on any atom is -0.233 e. The van der Waals surface area contributed by atoms with Gasteiger partial charge in [0.2, 0.25) is 0 Å². The molecule has 0 bridgehead atoms. The van der Waals surface area contributed by atoms with Crippen molar-refractivity contribution < 1.29 is 40.4 Å². The van der Waals surface area contributed by atoms with Crippen molar-refractivity contribution in [1.29, 1.82) is 0 Å². The Balaban J connectivity index is -0.000000127. The average molecular weight is 575 g/mol. The first kappa shape index (κ1) is 32.6. The first-order valence-electron chi connectivity index (χ1n) is 9.18. The molecule has 140 valence electrons. The summed E-state index contributed by atoms with van der Waals surface area (Å²) in [5.74, 6) is 0.722. The van der Waals surface area contributed by atoms with E-state index in [9.17, 15) is 0 Å². The number of rotatable bonds is 9. The fraction of sp³-hybridized carbons (Fsp3) is 0.591.